The number of carboxylic acid groups (broad SMARTS) is 1. The molecule has 2 aromatic heterocycles. The number of furan rings is 1. The number of rotatable bonds is 9. The fraction of sp³-hybridized carbons (Fsp3) is 0.538. The van der Waals surface area contributed by atoms with E-state index in [0.29, 0.717) is 41.2 Å². The molecule has 3 atom stereocenters. The molecule has 3 heterocycles. The molecule has 1 saturated heterocycles. The molecule has 1 aliphatic rings. The molecule has 36 heavy (non-hydrogen) atoms. The molecule has 0 aliphatic carbocycles. The Kier molecular flexibility index (Phi) is 7.46. The van der Waals surface area contributed by atoms with Crippen LogP contribution in [-0.2, 0) is 25.5 Å². The van der Waals surface area contributed by atoms with Crippen LogP contribution in [0.15, 0.2) is 28.7 Å². The van der Waals surface area contributed by atoms with Crippen molar-refractivity contribution in [2.75, 3.05) is 18.1 Å². The van der Waals surface area contributed by atoms with E-state index in [-0.39, 0.29) is 32.1 Å². The Morgan fingerprint density at radius 2 is 2.00 bits per heavy atom. The molecule has 0 radical (unpaired) electrons. The number of fused-ring (bicyclic) bond motifs is 3. The summed E-state index contributed by atoms with van der Waals surface area (Å²) in [5.41, 5.74) is 1.07. The van der Waals surface area contributed by atoms with Crippen molar-refractivity contribution >= 4 is 39.8 Å². The highest BCUT2D eigenvalue weighted by Crippen LogP contribution is 2.36. The minimum absolute atomic E-state index is 0.0543. The Morgan fingerprint density at radius 1 is 1.25 bits per heavy atom. The van der Waals surface area contributed by atoms with Crippen LogP contribution in [0.5, 0.6) is 0 Å². The number of carboxylic acids is 1. The van der Waals surface area contributed by atoms with Gasteiger partial charge in [-0.05, 0) is 46.2 Å². The largest absolute Gasteiger partial charge is 0.481 e. The third kappa shape index (κ3) is 5.93. The number of aliphatic hydroxyl groups is 1. The first-order valence-electron chi connectivity index (χ1n) is 12.2. The highest BCUT2D eigenvalue weighted by Gasteiger charge is 2.41. The third-order valence-corrected chi connectivity index (χ3v) is 5.97. The molecule has 10 heteroatoms. The maximum absolute atomic E-state index is 13.0. The molecule has 1 aliphatic heterocycles. The number of aliphatic carboxylic acids is 1. The number of aryl methyl sites for hydroxylation is 1. The van der Waals surface area contributed by atoms with Crippen molar-refractivity contribution in [3.8, 4) is 0 Å². The maximum atomic E-state index is 13.0. The van der Waals surface area contributed by atoms with Gasteiger partial charge in [0.05, 0.1) is 25.2 Å². The number of aliphatic hydroxyl groups excluding tert-OH is 1. The molecule has 0 saturated carbocycles. The van der Waals surface area contributed by atoms with Crippen molar-refractivity contribution in [1.82, 2.24) is 9.97 Å². The molecular weight excluding hydrogens is 466 g/mol. The number of carbonyl (C=O) groups is 2. The van der Waals surface area contributed by atoms with Crippen LogP contribution in [-0.4, -0.2) is 69.1 Å². The maximum Gasteiger partial charge on any atom is 0.329 e. The average molecular weight is 500 g/mol. The van der Waals surface area contributed by atoms with Crippen LogP contribution >= 0.6 is 0 Å². The topological polar surface area (TPSA) is 135 Å². The summed E-state index contributed by atoms with van der Waals surface area (Å²) in [5.74, 6) is -0.344. The standard InChI is InChI=1S/C26H33N3O7/c1-15(34-12-11-21(31)32)9-10-20-27-22-17-7-5-6-8-19(17)35-23(22)24(28-20)29-14-16(30)13-18(29)25(33)36-26(2,3)4/h5-8,15-16,18,30H,9-14H2,1-4H3,(H,31,32)/t15?,16-,18-/m0/s1. The van der Waals surface area contributed by atoms with Gasteiger partial charge in [0.2, 0.25) is 0 Å². The minimum Gasteiger partial charge on any atom is -0.481 e. The molecule has 0 spiro atoms. The SMILES string of the molecule is CC(CCc1nc(N2C[C@@H](O)C[C@H]2C(=O)OC(C)(C)C)c2oc3ccccc3c2n1)OCCC(=O)O. The number of aromatic nitrogens is 2. The van der Waals surface area contributed by atoms with Gasteiger partial charge in [-0.2, -0.15) is 0 Å². The number of benzene rings is 1. The fourth-order valence-corrected chi connectivity index (χ4v) is 4.33. The van der Waals surface area contributed by atoms with Crippen LogP contribution in [0.3, 0.4) is 0 Å². The van der Waals surface area contributed by atoms with Gasteiger partial charge in [-0.15, -0.1) is 0 Å². The summed E-state index contributed by atoms with van der Waals surface area (Å²) in [7, 11) is 0. The van der Waals surface area contributed by atoms with Gasteiger partial charge >= 0.3 is 11.9 Å². The number of esters is 1. The number of ether oxygens (including phenoxy) is 2. The van der Waals surface area contributed by atoms with E-state index < -0.39 is 29.7 Å². The van der Waals surface area contributed by atoms with Gasteiger partial charge in [0.1, 0.15) is 28.6 Å². The van der Waals surface area contributed by atoms with Crippen molar-refractivity contribution in [1.29, 1.82) is 0 Å². The lowest BCUT2D eigenvalue weighted by molar-refractivity contribution is -0.156. The molecular formula is C26H33N3O7. The molecule has 0 amide bonds. The van der Waals surface area contributed by atoms with E-state index in [1.165, 1.54) is 0 Å². The molecule has 1 fully saturated rings. The zero-order valence-electron chi connectivity index (χ0n) is 21.1. The number of para-hydroxylation sites is 1. The first kappa shape index (κ1) is 25.8. The van der Waals surface area contributed by atoms with Crippen LogP contribution in [0.2, 0.25) is 0 Å². The Labute approximate surface area is 209 Å². The molecule has 194 valence electrons. The zero-order valence-corrected chi connectivity index (χ0v) is 21.1. The monoisotopic (exact) mass is 499 g/mol. The highest BCUT2D eigenvalue weighted by atomic mass is 16.6. The summed E-state index contributed by atoms with van der Waals surface area (Å²) in [4.78, 5) is 35.1. The quantitative estimate of drug-likeness (QED) is 0.421. The van der Waals surface area contributed by atoms with Crippen molar-refractivity contribution in [2.24, 2.45) is 0 Å². The number of nitrogens with zero attached hydrogens (tertiary/aromatic N) is 3. The molecule has 0 bridgehead atoms. The summed E-state index contributed by atoms with van der Waals surface area (Å²) in [6.07, 6.45) is 0.327. The van der Waals surface area contributed by atoms with E-state index in [2.05, 4.69) is 0 Å². The van der Waals surface area contributed by atoms with Crippen LogP contribution < -0.4 is 4.90 Å². The van der Waals surface area contributed by atoms with Crippen molar-refractivity contribution in [2.45, 2.75) is 77.2 Å². The van der Waals surface area contributed by atoms with Crippen molar-refractivity contribution < 1.29 is 33.7 Å². The van der Waals surface area contributed by atoms with Crippen molar-refractivity contribution in [3.63, 3.8) is 0 Å². The van der Waals surface area contributed by atoms with Crippen LogP contribution in [0, 0.1) is 0 Å². The van der Waals surface area contributed by atoms with Gasteiger partial charge in [0.15, 0.2) is 11.4 Å². The van der Waals surface area contributed by atoms with E-state index >= 15 is 0 Å². The lowest BCUT2D eigenvalue weighted by Gasteiger charge is -2.28. The first-order valence-corrected chi connectivity index (χ1v) is 12.2. The number of anilines is 1. The lowest BCUT2D eigenvalue weighted by atomic mass is 10.1. The van der Waals surface area contributed by atoms with Gasteiger partial charge in [-0.3, -0.25) is 4.79 Å². The Morgan fingerprint density at radius 3 is 2.72 bits per heavy atom. The van der Waals surface area contributed by atoms with Gasteiger partial charge in [-0.1, -0.05) is 12.1 Å². The third-order valence-electron chi connectivity index (χ3n) is 5.97. The van der Waals surface area contributed by atoms with Gasteiger partial charge in [0.25, 0.3) is 0 Å². The Bertz CT molecular complexity index is 1250. The normalized spacial score (nSPS) is 19.2. The molecule has 1 unspecified atom stereocenters. The van der Waals surface area contributed by atoms with Crippen LogP contribution in [0.4, 0.5) is 5.82 Å². The van der Waals surface area contributed by atoms with Crippen LogP contribution in [0.25, 0.3) is 22.1 Å². The molecule has 2 N–H and O–H groups in total. The second kappa shape index (κ2) is 10.4. The predicted octanol–water partition coefficient (Wildman–Crippen LogP) is 3.47. The van der Waals surface area contributed by atoms with Gasteiger partial charge in [0, 0.05) is 24.8 Å². The second-order valence-electron chi connectivity index (χ2n) is 10.2. The fourth-order valence-electron chi connectivity index (χ4n) is 4.33. The smallest absolute Gasteiger partial charge is 0.329 e. The zero-order chi connectivity index (χ0) is 26.0. The lowest BCUT2D eigenvalue weighted by Crippen LogP contribution is -2.41. The number of carbonyl (C=O) groups excluding carboxylic acids is 1. The average Bonchev–Trinajstić information content (AvgIpc) is 3.36. The Hall–Kier alpha value is -3.24. The van der Waals surface area contributed by atoms with E-state index in [1.54, 1.807) is 25.7 Å². The highest BCUT2D eigenvalue weighted by molar-refractivity contribution is 6.06. The molecule has 1 aromatic carbocycles. The summed E-state index contributed by atoms with van der Waals surface area (Å²) < 4.78 is 17.4. The number of hydrogen-bond acceptors (Lipinski definition) is 9. The summed E-state index contributed by atoms with van der Waals surface area (Å²) in [6, 6.07) is 6.83. The van der Waals surface area contributed by atoms with E-state index in [4.69, 9.17) is 29.0 Å². The number of β-amino-alcohol motifs (C(OH)–C–C–N with tert-alkyl or cyclic N) is 1. The van der Waals surface area contributed by atoms with Gasteiger partial charge in [-0.25, -0.2) is 14.8 Å². The molecule has 4 rings (SSSR count). The number of hydrogen-bond donors (Lipinski definition) is 2. The van der Waals surface area contributed by atoms with E-state index in [0.717, 1.165) is 5.39 Å². The molecule has 10 nitrogen and oxygen atoms in total. The van der Waals surface area contributed by atoms with Crippen molar-refractivity contribution in [3.05, 3.63) is 30.1 Å². The molecule has 3 aromatic rings. The summed E-state index contributed by atoms with van der Waals surface area (Å²) in [5, 5.41) is 20.1. The second-order valence-corrected chi connectivity index (χ2v) is 10.2. The predicted molar refractivity (Wildman–Crippen MR) is 133 cm³/mol. The minimum atomic E-state index is -0.903. The summed E-state index contributed by atoms with van der Waals surface area (Å²) >= 11 is 0. The van der Waals surface area contributed by atoms with Gasteiger partial charge < -0.3 is 29.0 Å². The van der Waals surface area contributed by atoms with E-state index in [9.17, 15) is 14.7 Å². The summed E-state index contributed by atoms with van der Waals surface area (Å²) in [6.45, 7) is 7.64. The van der Waals surface area contributed by atoms with E-state index in [1.807, 2.05) is 31.2 Å². The Balaban J connectivity index is 1.68. The van der Waals surface area contributed by atoms with Crippen LogP contribution in [0.1, 0.15) is 52.8 Å². The first-order chi connectivity index (χ1) is 17.0.